The average Bonchev–Trinajstić information content (AvgIpc) is 2.65. The highest BCUT2D eigenvalue weighted by Crippen LogP contribution is 2.28. The van der Waals surface area contributed by atoms with Crippen LogP contribution in [0.1, 0.15) is 38.8 Å². The number of pyridine rings is 1. The van der Waals surface area contributed by atoms with Crippen LogP contribution in [0.4, 0.5) is 0 Å². The summed E-state index contributed by atoms with van der Waals surface area (Å²) in [6, 6.07) is 6.16. The molecule has 100 valence electrons. The summed E-state index contributed by atoms with van der Waals surface area (Å²) in [7, 11) is 0. The first-order valence-corrected chi connectivity index (χ1v) is 7.68. The molecule has 1 aliphatic rings. The lowest BCUT2D eigenvalue weighted by Gasteiger charge is -2.19. The van der Waals surface area contributed by atoms with Crippen molar-refractivity contribution in [1.82, 2.24) is 9.88 Å². The summed E-state index contributed by atoms with van der Waals surface area (Å²) in [4.78, 5) is 7.07. The highest BCUT2D eigenvalue weighted by molar-refractivity contribution is 9.10. The third kappa shape index (κ3) is 4.36. The molecule has 0 aliphatic carbocycles. The third-order valence-corrected chi connectivity index (χ3v) is 4.13. The minimum Gasteiger partial charge on any atom is -0.303 e. The molecule has 0 saturated carbocycles. The number of nitrogens with zero attached hydrogens (tertiary/aromatic N) is 2. The van der Waals surface area contributed by atoms with Gasteiger partial charge in [0.25, 0.3) is 0 Å². The average molecular weight is 311 g/mol. The maximum Gasteiger partial charge on any atom is 0.106 e. The van der Waals surface area contributed by atoms with E-state index in [-0.39, 0.29) is 0 Å². The highest BCUT2D eigenvalue weighted by atomic mass is 79.9. The number of halogens is 1. The van der Waals surface area contributed by atoms with Gasteiger partial charge in [-0.15, -0.1) is 0 Å². The predicted octanol–water partition coefficient (Wildman–Crippen LogP) is 3.90. The molecule has 0 bridgehead atoms. The lowest BCUT2D eigenvalue weighted by molar-refractivity contribution is 0.286. The van der Waals surface area contributed by atoms with Gasteiger partial charge in [0.1, 0.15) is 4.60 Å². The molecular weight excluding hydrogens is 288 g/mol. The fourth-order valence-corrected chi connectivity index (χ4v) is 3.03. The molecule has 0 radical (unpaired) electrons. The molecule has 0 amide bonds. The first-order chi connectivity index (χ1) is 8.55. The van der Waals surface area contributed by atoms with Gasteiger partial charge in [-0.25, -0.2) is 4.98 Å². The van der Waals surface area contributed by atoms with E-state index < -0.39 is 0 Å². The number of unbranched alkanes of at least 4 members (excludes halogenated alkanes) is 1. The van der Waals surface area contributed by atoms with Gasteiger partial charge >= 0.3 is 0 Å². The van der Waals surface area contributed by atoms with Crippen molar-refractivity contribution < 1.29 is 0 Å². The minimum atomic E-state index is 0.534. The largest absolute Gasteiger partial charge is 0.303 e. The molecule has 0 unspecified atom stereocenters. The van der Waals surface area contributed by atoms with Gasteiger partial charge in [0.05, 0.1) is 0 Å². The standard InChI is InChI=1S/C15H23BrN2/c1-15(2)9-11-18(12-15)10-4-3-6-13-7-5-8-14(16)17-13/h5,7-8H,3-4,6,9-12H2,1-2H3. The monoisotopic (exact) mass is 310 g/mol. The summed E-state index contributed by atoms with van der Waals surface area (Å²) in [5, 5.41) is 0. The van der Waals surface area contributed by atoms with Crippen LogP contribution >= 0.6 is 15.9 Å². The number of aryl methyl sites for hydroxylation is 1. The molecule has 3 heteroatoms. The molecule has 1 aromatic heterocycles. The van der Waals surface area contributed by atoms with Crippen LogP contribution in [0.3, 0.4) is 0 Å². The summed E-state index contributed by atoms with van der Waals surface area (Å²) in [5.74, 6) is 0. The predicted molar refractivity (Wildman–Crippen MR) is 79.7 cm³/mol. The number of hydrogen-bond acceptors (Lipinski definition) is 2. The van der Waals surface area contributed by atoms with Crippen LogP contribution < -0.4 is 0 Å². The maximum atomic E-state index is 4.47. The molecule has 0 atom stereocenters. The summed E-state index contributed by atoms with van der Waals surface area (Å²) in [6.45, 7) is 8.54. The second-order valence-corrected chi connectivity index (χ2v) is 6.91. The van der Waals surface area contributed by atoms with Gasteiger partial charge < -0.3 is 4.90 Å². The molecule has 18 heavy (non-hydrogen) atoms. The summed E-state index contributed by atoms with van der Waals surface area (Å²) >= 11 is 3.42. The van der Waals surface area contributed by atoms with E-state index >= 15 is 0 Å². The van der Waals surface area contributed by atoms with Crippen LogP contribution in [0.25, 0.3) is 0 Å². The molecule has 2 rings (SSSR count). The second kappa shape index (κ2) is 6.16. The van der Waals surface area contributed by atoms with Crippen molar-refractivity contribution in [2.75, 3.05) is 19.6 Å². The van der Waals surface area contributed by atoms with Crippen LogP contribution in [0.15, 0.2) is 22.8 Å². The molecule has 2 heterocycles. The number of hydrogen-bond donors (Lipinski definition) is 0. The van der Waals surface area contributed by atoms with Gasteiger partial charge in [-0.2, -0.15) is 0 Å². The smallest absolute Gasteiger partial charge is 0.106 e. The fourth-order valence-electron chi connectivity index (χ4n) is 2.65. The van der Waals surface area contributed by atoms with Crippen molar-refractivity contribution in [3.05, 3.63) is 28.5 Å². The molecule has 0 aromatic carbocycles. The van der Waals surface area contributed by atoms with Crippen molar-refractivity contribution in [1.29, 1.82) is 0 Å². The van der Waals surface area contributed by atoms with Gasteiger partial charge in [-0.05, 0) is 72.3 Å². The zero-order valence-corrected chi connectivity index (χ0v) is 13.0. The molecule has 1 saturated heterocycles. The Labute approximate surface area is 119 Å². The Hall–Kier alpha value is -0.410. The van der Waals surface area contributed by atoms with Gasteiger partial charge in [-0.1, -0.05) is 19.9 Å². The number of aromatic nitrogens is 1. The van der Waals surface area contributed by atoms with E-state index in [1.165, 1.54) is 44.6 Å². The van der Waals surface area contributed by atoms with E-state index in [4.69, 9.17) is 0 Å². The van der Waals surface area contributed by atoms with Crippen LogP contribution in [0.2, 0.25) is 0 Å². The van der Waals surface area contributed by atoms with Crippen molar-refractivity contribution in [3.8, 4) is 0 Å². The molecule has 1 aliphatic heterocycles. The van der Waals surface area contributed by atoms with Crippen LogP contribution in [-0.4, -0.2) is 29.5 Å². The molecule has 0 spiro atoms. The first-order valence-electron chi connectivity index (χ1n) is 6.89. The normalized spacial score (nSPS) is 19.3. The van der Waals surface area contributed by atoms with Crippen LogP contribution in [-0.2, 0) is 6.42 Å². The van der Waals surface area contributed by atoms with Gasteiger partial charge in [-0.3, -0.25) is 0 Å². The van der Waals surface area contributed by atoms with Crippen molar-refractivity contribution in [3.63, 3.8) is 0 Å². The quantitative estimate of drug-likeness (QED) is 0.605. The maximum absolute atomic E-state index is 4.47. The van der Waals surface area contributed by atoms with E-state index in [1.54, 1.807) is 0 Å². The molecular formula is C15H23BrN2. The Kier molecular flexibility index (Phi) is 4.79. The number of likely N-dealkylation sites (tertiary alicyclic amines) is 1. The lowest BCUT2D eigenvalue weighted by atomic mass is 9.93. The zero-order chi connectivity index (χ0) is 13.0. The highest BCUT2D eigenvalue weighted by Gasteiger charge is 2.28. The minimum absolute atomic E-state index is 0.534. The Morgan fingerprint density at radius 1 is 1.33 bits per heavy atom. The van der Waals surface area contributed by atoms with E-state index in [9.17, 15) is 0 Å². The van der Waals surface area contributed by atoms with Crippen LogP contribution in [0, 0.1) is 5.41 Å². The number of rotatable bonds is 5. The molecule has 2 nitrogen and oxygen atoms in total. The SMILES string of the molecule is CC1(C)CCN(CCCCc2cccc(Br)n2)C1. The molecule has 1 aromatic rings. The summed E-state index contributed by atoms with van der Waals surface area (Å²) in [6.07, 6.45) is 4.96. The van der Waals surface area contributed by atoms with Crippen molar-refractivity contribution in [2.45, 2.75) is 39.5 Å². The van der Waals surface area contributed by atoms with E-state index in [1.807, 2.05) is 6.07 Å². The Balaban J connectivity index is 1.65. The first kappa shape index (κ1) is 14.0. The zero-order valence-electron chi connectivity index (χ0n) is 11.5. The Morgan fingerprint density at radius 2 is 2.17 bits per heavy atom. The molecule has 0 N–H and O–H groups in total. The lowest BCUT2D eigenvalue weighted by Crippen LogP contribution is -2.24. The molecule has 1 fully saturated rings. The Bertz CT molecular complexity index is 390. The van der Waals surface area contributed by atoms with Gasteiger partial charge in [0, 0.05) is 12.2 Å². The van der Waals surface area contributed by atoms with Gasteiger partial charge in [0.15, 0.2) is 0 Å². The van der Waals surface area contributed by atoms with E-state index in [0.717, 1.165) is 11.0 Å². The third-order valence-electron chi connectivity index (χ3n) is 3.69. The van der Waals surface area contributed by atoms with Crippen LogP contribution in [0.5, 0.6) is 0 Å². The van der Waals surface area contributed by atoms with Crippen molar-refractivity contribution >= 4 is 15.9 Å². The summed E-state index contributed by atoms with van der Waals surface area (Å²) < 4.78 is 0.946. The van der Waals surface area contributed by atoms with E-state index in [0.29, 0.717) is 5.41 Å². The van der Waals surface area contributed by atoms with E-state index in [2.05, 4.69) is 51.8 Å². The Morgan fingerprint density at radius 3 is 2.83 bits per heavy atom. The van der Waals surface area contributed by atoms with Gasteiger partial charge in [0.2, 0.25) is 0 Å². The fraction of sp³-hybridized carbons (Fsp3) is 0.667. The topological polar surface area (TPSA) is 16.1 Å². The summed E-state index contributed by atoms with van der Waals surface area (Å²) in [5.41, 5.74) is 1.73. The van der Waals surface area contributed by atoms with Crippen molar-refractivity contribution in [2.24, 2.45) is 5.41 Å². The second-order valence-electron chi connectivity index (χ2n) is 6.10.